The predicted molar refractivity (Wildman–Crippen MR) is 104 cm³/mol. The summed E-state index contributed by atoms with van der Waals surface area (Å²) in [4.78, 5) is 17.7. The molecule has 1 aromatic rings. The van der Waals surface area contributed by atoms with Gasteiger partial charge in [0, 0.05) is 5.56 Å². The third kappa shape index (κ3) is 3.86. The van der Waals surface area contributed by atoms with Gasteiger partial charge in [0.15, 0.2) is 7.75 Å². The van der Waals surface area contributed by atoms with Gasteiger partial charge in [-0.15, -0.1) is 0 Å². The number of fused-ring (bicyclic) bond motifs is 1. The van der Waals surface area contributed by atoms with E-state index in [0.29, 0.717) is 0 Å². The number of carbonyl (C=O) groups excluding carboxylic acids is 1. The molecule has 0 unspecified atom stereocenters. The Kier molecular flexibility index (Phi) is 4.80. The van der Waals surface area contributed by atoms with Crippen molar-refractivity contribution in [3.8, 4) is 0 Å². The van der Waals surface area contributed by atoms with Crippen LogP contribution in [0.4, 0.5) is 0 Å². The van der Waals surface area contributed by atoms with Crippen molar-refractivity contribution in [3.63, 3.8) is 0 Å². The molecule has 0 fully saturated rings. The van der Waals surface area contributed by atoms with Crippen LogP contribution in [0.15, 0.2) is 17.7 Å². The zero-order valence-electron chi connectivity index (χ0n) is 15.8. The van der Waals surface area contributed by atoms with Crippen LogP contribution in [0.1, 0.15) is 54.7 Å². The van der Waals surface area contributed by atoms with Crippen molar-refractivity contribution < 1.29 is 4.79 Å². The molecule has 2 radical (unpaired) electrons. The van der Waals surface area contributed by atoms with Crippen molar-refractivity contribution in [2.75, 3.05) is 0 Å². The van der Waals surface area contributed by atoms with Crippen molar-refractivity contribution in [2.24, 2.45) is 0 Å². The van der Waals surface area contributed by atoms with E-state index in [9.17, 15) is 4.79 Å². The zero-order chi connectivity index (χ0) is 17.6. The largest absolute Gasteiger partial charge is 0.290 e. The van der Waals surface area contributed by atoms with Crippen molar-refractivity contribution in [3.05, 3.63) is 40.0 Å². The number of allylic oxidation sites excluding steroid dienone is 1. The second-order valence-electron chi connectivity index (χ2n) is 8.49. The van der Waals surface area contributed by atoms with Gasteiger partial charge in [0.2, 0.25) is 0 Å². The summed E-state index contributed by atoms with van der Waals surface area (Å²) in [5, 5.41) is 0. The predicted octanol–water partition coefficient (Wildman–Crippen LogP) is 4.73. The summed E-state index contributed by atoms with van der Waals surface area (Å²) < 4.78 is 0. The Morgan fingerprint density at radius 3 is 2.35 bits per heavy atom. The Morgan fingerprint density at radius 1 is 1.22 bits per heavy atom. The molecule has 0 aliphatic heterocycles. The van der Waals surface area contributed by atoms with Gasteiger partial charge in [-0.25, -0.2) is 0 Å². The van der Waals surface area contributed by atoms with Gasteiger partial charge in [0.25, 0.3) is 5.91 Å². The Balaban J connectivity index is 2.47. The Bertz CT molecular complexity index is 667. The van der Waals surface area contributed by atoms with E-state index in [1.807, 2.05) is 0 Å². The third-order valence-corrected chi connectivity index (χ3v) is 15.7. The normalized spacial score (nSPS) is 14.7. The first kappa shape index (κ1) is 18.2. The topological polar surface area (TPSA) is 31.2 Å². The fourth-order valence-corrected chi connectivity index (χ4v) is 4.49. The minimum atomic E-state index is -1.78. The van der Waals surface area contributed by atoms with Crippen LogP contribution in [0, 0.1) is 0 Å². The summed E-state index contributed by atoms with van der Waals surface area (Å²) in [6, 6.07) is 4.35. The molecule has 0 heterocycles. The van der Waals surface area contributed by atoms with Crippen LogP contribution in [0.3, 0.4) is 0 Å². The summed E-state index contributed by atoms with van der Waals surface area (Å²) in [5.74, 6) is 0.0123. The van der Waals surface area contributed by atoms with E-state index in [0.717, 1.165) is 12.0 Å². The van der Waals surface area contributed by atoms with Crippen LogP contribution >= 0.6 is 0 Å². The molecule has 4 heteroatoms. The lowest BCUT2D eigenvalue weighted by molar-refractivity contribution is 0.0974. The summed E-state index contributed by atoms with van der Waals surface area (Å²) in [7, 11) is -2.32. The average Bonchev–Trinajstić information content (AvgIpc) is 2.75. The minimum absolute atomic E-state index is 0.0123. The molecule has 0 saturated carbocycles. The number of carbonyl (C=O) groups is 1. The molecule has 1 aliphatic rings. The molecular weight excluding hydrogens is 314 g/mol. The van der Waals surface area contributed by atoms with Crippen LogP contribution in [0.2, 0.25) is 26.2 Å². The maximum absolute atomic E-state index is 13.0. The average molecular weight is 344 g/mol. The van der Waals surface area contributed by atoms with E-state index in [1.165, 1.54) is 22.3 Å². The van der Waals surface area contributed by atoms with Gasteiger partial charge in [-0.05, 0) is 41.5 Å². The molecule has 0 aromatic heterocycles. The molecule has 1 aromatic carbocycles. The summed E-state index contributed by atoms with van der Waals surface area (Å²) in [5.41, 5.74) is 5.81. The van der Waals surface area contributed by atoms with Crippen molar-refractivity contribution in [2.45, 2.75) is 65.7 Å². The van der Waals surface area contributed by atoms with Crippen molar-refractivity contribution in [1.82, 2.24) is 4.98 Å². The monoisotopic (exact) mass is 343 g/mol. The fourth-order valence-electron chi connectivity index (χ4n) is 2.67. The van der Waals surface area contributed by atoms with Crippen LogP contribution in [-0.2, 0) is 11.8 Å². The van der Waals surface area contributed by atoms with E-state index in [4.69, 9.17) is 4.98 Å². The maximum Gasteiger partial charge on any atom is 0.263 e. The maximum atomic E-state index is 13.0. The second kappa shape index (κ2) is 6.06. The lowest BCUT2D eigenvalue weighted by Gasteiger charge is -2.26. The zero-order valence-corrected chi connectivity index (χ0v) is 17.8. The molecule has 23 heavy (non-hydrogen) atoms. The van der Waals surface area contributed by atoms with Gasteiger partial charge in [0.1, 0.15) is 0 Å². The molecule has 1 aliphatic carbocycles. The highest BCUT2D eigenvalue weighted by Crippen LogP contribution is 2.33. The number of rotatable bonds is 3. The summed E-state index contributed by atoms with van der Waals surface area (Å²) in [6.45, 7) is 17.7. The molecule has 0 saturated heterocycles. The quantitative estimate of drug-likeness (QED) is 0.730. The first-order chi connectivity index (χ1) is 10.4. The smallest absolute Gasteiger partial charge is 0.263 e. The minimum Gasteiger partial charge on any atom is -0.290 e. The van der Waals surface area contributed by atoms with Crippen molar-refractivity contribution in [1.29, 1.82) is 0 Å². The van der Waals surface area contributed by atoms with Gasteiger partial charge in [-0.3, -0.25) is 9.78 Å². The van der Waals surface area contributed by atoms with Crippen LogP contribution in [0.25, 0.3) is 6.08 Å². The van der Waals surface area contributed by atoms with E-state index in [2.05, 4.69) is 72.1 Å². The highest BCUT2D eigenvalue weighted by atomic mass is 29.2. The molecule has 2 rings (SSSR count). The number of hydrogen-bond donors (Lipinski definition) is 0. The van der Waals surface area contributed by atoms with E-state index in [1.54, 1.807) is 0 Å². The first-order valence-electron chi connectivity index (χ1n) is 8.34. The number of hydrogen-bond acceptors (Lipinski definition) is 1. The van der Waals surface area contributed by atoms with Gasteiger partial charge < -0.3 is 0 Å². The Morgan fingerprint density at radius 2 is 1.83 bits per heavy atom. The van der Waals surface area contributed by atoms with Gasteiger partial charge >= 0.3 is 0 Å². The Hall–Kier alpha value is -1.14. The molecule has 0 bridgehead atoms. The van der Waals surface area contributed by atoms with Gasteiger partial charge in [0.05, 0.1) is 8.31 Å². The molecule has 0 N–H and O–H groups in total. The van der Waals surface area contributed by atoms with Crippen LogP contribution in [-0.4, -0.2) is 22.0 Å². The van der Waals surface area contributed by atoms with Crippen LogP contribution < -0.4 is 4.98 Å². The highest BCUT2D eigenvalue weighted by Gasteiger charge is 2.33. The second-order valence-corrected chi connectivity index (χ2v) is 20.5. The summed E-state index contributed by atoms with van der Waals surface area (Å²) in [6.07, 6.45) is 3.10. The molecule has 1 amide bonds. The first-order valence-corrected chi connectivity index (χ1v) is 14.8. The number of amides is 1. The molecule has 124 valence electrons. The lowest BCUT2D eigenvalue weighted by atomic mass is 9.83. The SMILES string of the molecule is CC1=Cc2cc(C(C)(C)C)cc(C(=O)[N][Si](C)(C)[Si](C)C)c2C1. The van der Waals surface area contributed by atoms with Crippen molar-refractivity contribution >= 4 is 28.1 Å². The molecule has 0 spiro atoms. The number of benzene rings is 1. The molecule has 2 nitrogen and oxygen atoms in total. The number of nitrogens with zero attached hydrogens (tertiary/aromatic N) is 1. The van der Waals surface area contributed by atoms with Gasteiger partial charge in [-0.2, -0.15) is 0 Å². The third-order valence-electron chi connectivity index (χ3n) is 4.84. The van der Waals surface area contributed by atoms with E-state index in [-0.39, 0.29) is 11.3 Å². The lowest BCUT2D eigenvalue weighted by Crippen LogP contribution is -2.53. The van der Waals surface area contributed by atoms with Crippen LogP contribution in [0.5, 0.6) is 0 Å². The standard InChI is InChI=1S/C19H29NOSi2/c1-13-9-14-11-15(19(2,3)4)12-17(16(14)10-13)18(21)20-23(7,8)22(5)6/h9,11-12H,10H2,1-8H3. The fraction of sp³-hybridized carbons (Fsp3) is 0.526. The molecule has 0 atom stereocenters. The van der Waals surface area contributed by atoms with E-state index >= 15 is 0 Å². The molecular formula is C19H29NOSi2. The van der Waals surface area contributed by atoms with E-state index < -0.39 is 16.1 Å². The highest BCUT2D eigenvalue weighted by molar-refractivity contribution is 7.30. The summed E-state index contributed by atoms with van der Waals surface area (Å²) >= 11 is 0. The van der Waals surface area contributed by atoms with Gasteiger partial charge in [-0.1, -0.05) is 64.7 Å². The Labute approximate surface area is 143 Å².